The van der Waals surface area contributed by atoms with Crippen molar-refractivity contribution in [3.63, 3.8) is 0 Å². The predicted molar refractivity (Wildman–Crippen MR) is 92.6 cm³/mol. The standard InChI is InChI=1S/C20H27N/c1-15(2)21-14-16-7-6-8-18(13-16)17-9-11-19(12-10-17)20(3,4)5/h6-13,15,21H,14H2,1-5H3. The molecule has 0 fully saturated rings. The summed E-state index contributed by atoms with van der Waals surface area (Å²) in [5.74, 6) is 0. The Morgan fingerprint density at radius 3 is 2.14 bits per heavy atom. The summed E-state index contributed by atoms with van der Waals surface area (Å²) < 4.78 is 0. The minimum absolute atomic E-state index is 0.210. The van der Waals surface area contributed by atoms with Gasteiger partial charge in [0.15, 0.2) is 0 Å². The molecule has 112 valence electrons. The van der Waals surface area contributed by atoms with E-state index in [0.717, 1.165) is 6.54 Å². The van der Waals surface area contributed by atoms with Crippen LogP contribution in [0.5, 0.6) is 0 Å². The van der Waals surface area contributed by atoms with Gasteiger partial charge < -0.3 is 5.32 Å². The van der Waals surface area contributed by atoms with Crippen LogP contribution in [0, 0.1) is 0 Å². The van der Waals surface area contributed by atoms with Crippen molar-refractivity contribution in [1.82, 2.24) is 5.32 Å². The molecule has 1 nitrogen and oxygen atoms in total. The van der Waals surface area contributed by atoms with Crippen LogP contribution in [-0.2, 0) is 12.0 Å². The van der Waals surface area contributed by atoms with Crippen LogP contribution in [-0.4, -0.2) is 6.04 Å². The highest BCUT2D eigenvalue weighted by Gasteiger charge is 2.13. The van der Waals surface area contributed by atoms with Gasteiger partial charge in [0.05, 0.1) is 0 Å². The van der Waals surface area contributed by atoms with E-state index in [4.69, 9.17) is 0 Å². The van der Waals surface area contributed by atoms with E-state index < -0.39 is 0 Å². The quantitative estimate of drug-likeness (QED) is 0.817. The van der Waals surface area contributed by atoms with Gasteiger partial charge in [-0.25, -0.2) is 0 Å². The van der Waals surface area contributed by atoms with Crippen LogP contribution in [0.1, 0.15) is 45.7 Å². The first-order valence-electron chi connectivity index (χ1n) is 7.79. The summed E-state index contributed by atoms with van der Waals surface area (Å²) in [5, 5.41) is 3.47. The van der Waals surface area contributed by atoms with Crippen LogP contribution in [0.15, 0.2) is 48.5 Å². The highest BCUT2D eigenvalue weighted by molar-refractivity contribution is 5.64. The highest BCUT2D eigenvalue weighted by atomic mass is 14.9. The fourth-order valence-corrected chi connectivity index (χ4v) is 2.35. The van der Waals surface area contributed by atoms with E-state index in [1.165, 1.54) is 22.3 Å². The number of hydrogen-bond acceptors (Lipinski definition) is 1. The molecule has 0 saturated heterocycles. The average Bonchev–Trinajstić information content (AvgIpc) is 2.45. The summed E-state index contributed by atoms with van der Waals surface area (Å²) in [4.78, 5) is 0. The first-order valence-corrected chi connectivity index (χ1v) is 7.79. The Bertz CT molecular complexity index is 574. The Labute approximate surface area is 129 Å². The third-order valence-corrected chi connectivity index (χ3v) is 3.73. The van der Waals surface area contributed by atoms with Crippen LogP contribution < -0.4 is 5.32 Å². The second-order valence-electron chi connectivity index (χ2n) is 7.06. The summed E-state index contributed by atoms with van der Waals surface area (Å²) in [5.41, 5.74) is 5.50. The maximum atomic E-state index is 3.47. The maximum Gasteiger partial charge on any atom is 0.0208 e. The molecular weight excluding hydrogens is 254 g/mol. The van der Waals surface area contributed by atoms with Gasteiger partial charge in [-0.1, -0.05) is 77.1 Å². The van der Waals surface area contributed by atoms with E-state index in [-0.39, 0.29) is 5.41 Å². The molecule has 21 heavy (non-hydrogen) atoms. The Hall–Kier alpha value is -1.60. The van der Waals surface area contributed by atoms with Gasteiger partial charge in [-0.3, -0.25) is 0 Å². The lowest BCUT2D eigenvalue weighted by Crippen LogP contribution is -2.21. The van der Waals surface area contributed by atoms with Crippen molar-refractivity contribution in [2.24, 2.45) is 0 Å². The number of nitrogens with one attached hydrogen (secondary N) is 1. The van der Waals surface area contributed by atoms with Gasteiger partial charge in [0, 0.05) is 12.6 Å². The van der Waals surface area contributed by atoms with Crippen LogP contribution in [0.2, 0.25) is 0 Å². The van der Waals surface area contributed by atoms with Crippen molar-refractivity contribution in [3.05, 3.63) is 59.7 Å². The van der Waals surface area contributed by atoms with Crippen molar-refractivity contribution < 1.29 is 0 Å². The molecule has 0 unspecified atom stereocenters. The molecule has 2 rings (SSSR count). The fraction of sp³-hybridized carbons (Fsp3) is 0.400. The van der Waals surface area contributed by atoms with Crippen LogP contribution in [0.4, 0.5) is 0 Å². The molecule has 0 saturated carbocycles. The smallest absolute Gasteiger partial charge is 0.0208 e. The second kappa shape index (κ2) is 6.44. The van der Waals surface area contributed by atoms with Gasteiger partial charge in [-0.05, 0) is 33.7 Å². The molecule has 0 aliphatic heterocycles. The van der Waals surface area contributed by atoms with E-state index in [9.17, 15) is 0 Å². The summed E-state index contributed by atoms with van der Waals surface area (Å²) in [6.07, 6.45) is 0. The van der Waals surface area contributed by atoms with Gasteiger partial charge in [0.25, 0.3) is 0 Å². The molecule has 0 heterocycles. The number of hydrogen-bond donors (Lipinski definition) is 1. The van der Waals surface area contributed by atoms with Crippen molar-refractivity contribution in [2.45, 2.75) is 52.6 Å². The summed E-state index contributed by atoms with van der Waals surface area (Å²) in [7, 11) is 0. The Balaban J connectivity index is 2.20. The lowest BCUT2D eigenvalue weighted by Gasteiger charge is -2.19. The largest absolute Gasteiger partial charge is 0.310 e. The molecule has 0 aliphatic carbocycles. The van der Waals surface area contributed by atoms with Crippen LogP contribution in [0.25, 0.3) is 11.1 Å². The molecular formula is C20H27N. The Morgan fingerprint density at radius 1 is 0.905 bits per heavy atom. The number of benzene rings is 2. The molecule has 0 spiro atoms. The van der Waals surface area contributed by atoms with Gasteiger partial charge in [-0.15, -0.1) is 0 Å². The SMILES string of the molecule is CC(C)NCc1cccc(-c2ccc(C(C)(C)C)cc2)c1. The topological polar surface area (TPSA) is 12.0 Å². The van der Waals surface area contributed by atoms with Gasteiger partial charge in [0.2, 0.25) is 0 Å². The first-order chi connectivity index (χ1) is 9.86. The maximum absolute atomic E-state index is 3.47. The molecule has 2 aromatic rings. The van der Waals surface area contributed by atoms with Gasteiger partial charge in [0.1, 0.15) is 0 Å². The van der Waals surface area contributed by atoms with Crippen molar-refractivity contribution in [3.8, 4) is 11.1 Å². The molecule has 0 radical (unpaired) electrons. The zero-order chi connectivity index (χ0) is 15.5. The minimum Gasteiger partial charge on any atom is -0.310 e. The van der Waals surface area contributed by atoms with Crippen LogP contribution >= 0.6 is 0 Å². The molecule has 0 aromatic heterocycles. The first kappa shape index (κ1) is 15.8. The van der Waals surface area contributed by atoms with Crippen molar-refractivity contribution >= 4 is 0 Å². The molecule has 0 amide bonds. The van der Waals surface area contributed by atoms with E-state index in [1.807, 2.05) is 0 Å². The third kappa shape index (κ3) is 4.44. The Morgan fingerprint density at radius 2 is 1.57 bits per heavy atom. The lowest BCUT2D eigenvalue weighted by atomic mass is 9.86. The minimum atomic E-state index is 0.210. The predicted octanol–water partition coefficient (Wildman–Crippen LogP) is 5.15. The second-order valence-corrected chi connectivity index (χ2v) is 7.06. The van der Waals surface area contributed by atoms with E-state index >= 15 is 0 Å². The van der Waals surface area contributed by atoms with Crippen LogP contribution in [0.3, 0.4) is 0 Å². The summed E-state index contributed by atoms with van der Waals surface area (Å²) in [6.45, 7) is 12.0. The average molecular weight is 281 g/mol. The zero-order valence-electron chi connectivity index (χ0n) is 13.9. The van der Waals surface area contributed by atoms with Gasteiger partial charge >= 0.3 is 0 Å². The Kier molecular flexibility index (Phi) is 4.84. The number of rotatable bonds is 4. The molecule has 1 heteroatoms. The van der Waals surface area contributed by atoms with E-state index in [2.05, 4.69) is 88.5 Å². The monoisotopic (exact) mass is 281 g/mol. The highest BCUT2D eigenvalue weighted by Crippen LogP contribution is 2.26. The van der Waals surface area contributed by atoms with E-state index in [1.54, 1.807) is 0 Å². The van der Waals surface area contributed by atoms with Gasteiger partial charge in [-0.2, -0.15) is 0 Å². The third-order valence-electron chi connectivity index (χ3n) is 3.73. The normalized spacial score (nSPS) is 11.9. The molecule has 2 aromatic carbocycles. The zero-order valence-corrected chi connectivity index (χ0v) is 13.9. The van der Waals surface area contributed by atoms with Crippen molar-refractivity contribution in [2.75, 3.05) is 0 Å². The van der Waals surface area contributed by atoms with E-state index in [0.29, 0.717) is 6.04 Å². The fourth-order valence-electron chi connectivity index (χ4n) is 2.35. The molecule has 0 bridgehead atoms. The summed E-state index contributed by atoms with van der Waals surface area (Å²) >= 11 is 0. The van der Waals surface area contributed by atoms with Crippen molar-refractivity contribution in [1.29, 1.82) is 0 Å². The molecule has 0 atom stereocenters. The lowest BCUT2D eigenvalue weighted by molar-refractivity contribution is 0.589. The summed E-state index contributed by atoms with van der Waals surface area (Å²) in [6, 6.07) is 18.3. The molecule has 0 aliphatic rings. The molecule has 1 N–H and O–H groups in total.